The van der Waals surface area contributed by atoms with Gasteiger partial charge in [-0.2, -0.15) is 0 Å². The van der Waals surface area contributed by atoms with Crippen LogP contribution in [0.2, 0.25) is 0 Å². The Kier molecular flexibility index (Phi) is 3.97. The molecular formula is C29H18O2. The van der Waals surface area contributed by atoms with Crippen molar-refractivity contribution in [2.45, 2.75) is 0 Å². The average molecular weight is 398 g/mol. The van der Waals surface area contributed by atoms with Crippen molar-refractivity contribution in [3.63, 3.8) is 0 Å². The summed E-state index contributed by atoms with van der Waals surface area (Å²) in [6.07, 6.45) is 0. The van der Waals surface area contributed by atoms with Crippen molar-refractivity contribution in [2.75, 3.05) is 0 Å². The second-order valence-electron chi connectivity index (χ2n) is 7.66. The van der Waals surface area contributed by atoms with Crippen LogP contribution in [0.15, 0.2) is 118 Å². The van der Waals surface area contributed by atoms with Gasteiger partial charge in [0.1, 0.15) is 5.58 Å². The number of hydrogen-bond acceptors (Lipinski definition) is 2. The van der Waals surface area contributed by atoms with E-state index in [0.29, 0.717) is 11.0 Å². The van der Waals surface area contributed by atoms with Crippen molar-refractivity contribution in [3.05, 3.63) is 120 Å². The third-order valence-corrected chi connectivity index (χ3v) is 5.90. The van der Waals surface area contributed by atoms with Gasteiger partial charge in [-0.25, -0.2) is 4.79 Å². The normalized spacial score (nSPS) is 11.4. The quantitative estimate of drug-likeness (QED) is 0.224. The highest BCUT2D eigenvalue weighted by atomic mass is 16.4. The zero-order chi connectivity index (χ0) is 20.8. The molecule has 0 N–H and O–H groups in total. The van der Waals surface area contributed by atoms with Crippen LogP contribution in [-0.4, -0.2) is 0 Å². The van der Waals surface area contributed by atoms with E-state index in [-0.39, 0.29) is 5.63 Å². The Balaban J connectivity index is 1.98. The summed E-state index contributed by atoms with van der Waals surface area (Å²) < 4.78 is 5.82. The van der Waals surface area contributed by atoms with Crippen LogP contribution in [0.3, 0.4) is 0 Å². The summed E-state index contributed by atoms with van der Waals surface area (Å²) in [4.78, 5) is 13.4. The molecule has 2 heteroatoms. The summed E-state index contributed by atoms with van der Waals surface area (Å²) in [7, 11) is 0. The van der Waals surface area contributed by atoms with Crippen LogP contribution in [0, 0.1) is 0 Å². The largest absolute Gasteiger partial charge is 0.422 e. The molecule has 0 saturated heterocycles. The molecule has 0 fully saturated rings. The SMILES string of the molecule is O=c1oc2ccccc2c2c1c(-c1ccccc1)c(-c1ccccc1)c1ccccc12. The summed E-state index contributed by atoms with van der Waals surface area (Å²) in [5.41, 5.74) is 4.34. The van der Waals surface area contributed by atoms with Gasteiger partial charge >= 0.3 is 5.63 Å². The summed E-state index contributed by atoms with van der Waals surface area (Å²) in [6.45, 7) is 0. The summed E-state index contributed by atoms with van der Waals surface area (Å²) in [6, 6.07) is 36.5. The second-order valence-corrected chi connectivity index (χ2v) is 7.66. The lowest BCUT2D eigenvalue weighted by molar-refractivity contribution is 0.570. The minimum atomic E-state index is -0.310. The molecule has 2 nitrogen and oxygen atoms in total. The van der Waals surface area contributed by atoms with Crippen LogP contribution < -0.4 is 5.63 Å². The number of benzene rings is 5. The van der Waals surface area contributed by atoms with Crippen LogP contribution in [0.25, 0.3) is 54.8 Å². The molecule has 0 atom stereocenters. The third kappa shape index (κ3) is 2.69. The smallest absolute Gasteiger partial charge is 0.344 e. The Bertz CT molecular complexity index is 1630. The van der Waals surface area contributed by atoms with Gasteiger partial charge < -0.3 is 4.42 Å². The predicted molar refractivity (Wildman–Crippen MR) is 128 cm³/mol. The number of hydrogen-bond donors (Lipinski definition) is 0. The Morgan fingerprint density at radius 3 is 1.65 bits per heavy atom. The lowest BCUT2D eigenvalue weighted by Crippen LogP contribution is -2.04. The van der Waals surface area contributed by atoms with Crippen molar-refractivity contribution < 1.29 is 4.42 Å². The lowest BCUT2D eigenvalue weighted by atomic mass is 9.85. The van der Waals surface area contributed by atoms with E-state index in [9.17, 15) is 4.79 Å². The maximum Gasteiger partial charge on any atom is 0.344 e. The van der Waals surface area contributed by atoms with Crippen molar-refractivity contribution >= 4 is 32.5 Å². The lowest BCUT2D eigenvalue weighted by Gasteiger charge is -2.18. The van der Waals surface area contributed by atoms with Gasteiger partial charge in [-0.3, -0.25) is 0 Å². The first-order chi connectivity index (χ1) is 15.3. The van der Waals surface area contributed by atoms with Gasteiger partial charge in [0, 0.05) is 16.3 Å². The van der Waals surface area contributed by atoms with Gasteiger partial charge in [0.15, 0.2) is 0 Å². The first kappa shape index (κ1) is 17.7. The first-order valence-electron chi connectivity index (χ1n) is 10.3. The number of rotatable bonds is 2. The fraction of sp³-hybridized carbons (Fsp3) is 0. The molecule has 0 unspecified atom stereocenters. The molecule has 0 radical (unpaired) electrons. The molecule has 0 saturated carbocycles. The van der Waals surface area contributed by atoms with Crippen LogP contribution in [0.5, 0.6) is 0 Å². The van der Waals surface area contributed by atoms with Gasteiger partial charge in [-0.15, -0.1) is 0 Å². The molecule has 5 aromatic carbocycles. The molecule has 0 aliphatic heterocycles. The zero-order valence-corrected chi connectivity index (χ0v) is 16.7. The number of para-hydroxylation sites is 1. The Hall–Kier alpha value is -4.17. The Labute approximate surface area is 179 Å². The highest BCUT2D eigenvalue weighted by molar-refractivity contribution is 6.27. The van der Waals surface area contributed by atoms with E-state index in [0.717, 1.165) is 43.8 Å². The van der Waals surface area contributed by atoms with Gasteiger partial charge in [0.05, 0.1) is 5.39 Å². The molecule has 146 valence electrons. The molecule has 1 aromatic heterocycles. The van der Waals surface area contributed by atoms with Crippen LogP contribution in [0.4, 0.5) is 0 Å². The van der Waals surface area contributed by atoms with Crippen LogP contribution in [-0.2, 0) is 0 Å². The fourth-order valence-corrected chi connectivity index (χ4v) is 4.63. The molecule has 6 aromatic rings. The van der Waals surface area contributed by atoms with Crippen LogP contribution >= 0.6 is 0 Å². The second kappa shape index (κ2) is 6.96. The first-order valence-corrected chi connectivity index (χ1v) is 10.3. The predicted octanol–water partition coefficient (Wildman–Crippen LogP) is 7.43. The maximum absolute atomic E-state index is 13.4. The summed E-state index contributed by atoms with van der Waals surface area (Å²) >= 11 is 0. The van der Waals surface area contributed by atoms with E-state index >= 15 is 0 Å². The molecule has 6 rings (SSSR count). The fourth-order valence-electron chi connectivity index (χ4n) is 4.63. The average Bonchev–Trinajstić information content (AvgIpc) is 2.84. The molecule has 1 heterocycles. The Morgan fingerprint density at radius 1 is 0.452 bits per heavy atom. The third-order valence-electron chi connectivity index (χ3n) is 5.90. The van der Waals surface area contributed by atoms with E-state index in [1.165, 1.54) is 0 Å². The van der Waals surface area contributed by atoms with Crippen molar-refractivity contribution in [3.8, 4) is 22.3 Å². The van der Waals surface area contributed by atoms with Crippen LogP contribution in [0.1, 0.15) is 0 Å². The van der Waals surface area contributed by atoms with Gasteiger partial charge in [0.25, 0.3) is 0 Å². The van der Waals surface area contributed by atoms with Crippen molar-refractivity contribution in [2.24, 2.45) is 0 Å². The number of fused-ring (bicyclic) bond motifs is 5. The van der Waals surface area contributed by atoms with E-state index in [1.807, 2.05) is 66.7 Å². The highest BCUT2D eigenvalue weighted by Crippen LogP contribution is 2.44. The molecule has 0 amide bonds. The maximum atomic E-state index is 13.4. The molecule has 31 heavy (non-hydrogen) atoms. The van der Waals surface area contributed by atoms with Crippen molar-refractivity contribution in [1.29, 1.82) is 0 Å². The van der Waals surface area contributed by atoms with E-state index in [1.54, 1.807) is 0 Å². The molecule has 0 aliphatic rings. The Morgan fingerprint density at radius 2 is 0.968 bits per heavy atom. The molecule has 0 spiro atoms. The van der Waals surface area contributed by atoms with Gasteiger partial charge in [0.2, 0.25) is 0 Å². The standard InChI is InChI=1S/C29H18O2/c30-29-28-26(20-13-5-2-6-14-20)25(19-11-3-1-4-12-19)21-15-7-8-16-22(21)27(28)23-17-9-10-18-24(23)31-29/h1-18H. The highest BCUT2D eigenvalue weighted by Gasteiger charge is 2.21. The molecule has 0 bridgehead atoms. The van der Waals surface area contributed by atoms with E-state index in [2.05, 4.69) is 42.5 Å². The summed E-state index contributed by atoms with van der Waals surface area (Å²) in [5, 5.41) is 4.70. The minimum Gasteiger partial charge on any atom is -0.422 e. The van der Waals surface area contributed by atoms with Gasteiger partial charge in [-0.05, 0) is 33.5 Å². The van der Waals surface area contributed by atoms with E-state index < -0.39 is 0 Å². The minimum absolute atomic E-state index is 0.310. The van der Waals surface area contributed by atoms with E-state index in [4.69, 9.17) is 4.42 Å². The topological polar surface area (TPSA) is 30.2 Å². The zero-order valence-electron chi connectivity index (χ0n) is 16.7. The monoisotopic (exact) mass is 398 g/mol. The van der Waals surface area contributed by atoms with Gasteiger partial charge in [-0.1, -0.05) is 103 Å². The summed E-state index contributed by atoms with van der Waals surface area (Å²) in [5.74, 6) is 0. The molecule has 0 aliphatic carbocycles. The van der Waals surface area contributed by atoms with Crippen molar-refractivity contribution in [1.82, 2.24) is 0 Å². The molecular weight excluding hydrogens is 380 g/mol.